The summed E-state index contributed by atoms with van der Waals surface area (Å²) in [5.74, 6) is -0.0676. The predicted molar refractivity (Wildman–Crippen MR) is 59.9 cm³/mol. The van der Waals surface area contributed by atoms with Gasteiger partial charge in [0.15, 0.2) is 5.78 Å². The Labute approximate surface area is 103 Å². The third-order valence-corrected chi connectivity index (χ3v) is 3.14. The van der Waals surface area contributed by atoms with Gasteiger partial charge in [-0.05, 0) is 31.4 Å². The minimum atomic E-state index is -4.46. The lowest BCUT2D eigenvalue weighted by Crippen LogP contribution is -2.10. The largest absolute Gasteiger partial charge is 0.496 e. The summed E-state index contributed by atoms with van der Waals surface area (Å²) < 4.78 is 43.2. The van der Waals surface area contributed by atoms with Crippen LogP contribution in [0, 0.1) is 0 Å². The van der Waals surface area contributed by atoms with Gasteiger partial charge >= 0.3 is 6.18 Å². The zero-order valence-corrected chi connectivity index (χ0v) is 9.93. The van der Waals surface area contributed by atoms with Crippen LogP contribution in [0.4, 0.5) is 13.2 Å². The van der Waals surface area contributed by atoms with Crippen LogP contribution in [-0.4, -0.2) is 12.9 Å². The maximum Gasteiger partial charge on any atom is 0.416 e. The van der Waals surface area contributed by atoms with Crippen LogP contribution < -0.4 is 4.74 Å². The van der Waals surface area contributed by atoms with Gasteiger partial charge < -0.3 is 4.74 Å². The van der Waals surface area contributed by atoms with Crippen LogP contribution in [0.15, 0.2) is 12.1 Å². The first-order chi connectivity index (χ1) is 8.43. The molecule has 1 aliphatic carbocycles. The molecule has 1 aromatic carbocycles. The number of hydrogen-bond acceptors (Lipinski definition) is 2. The molecule has 1 aliphatic rings. The van der Waals surface area contributed by atoms with Crippen LogP contribution >= 0.6 is 0 Å². The van der Waals surface area contributed by atoms with E-state index in [9.17, 15) is 18.0 Å². The molecule has 5 heteroatoms. The molecule has 0 spiro atoms. The molecule has 2 rings (SSSR count). The average Bonchev–Trinajstić information content (AvgIpc) is 2.49. The highest BCUT2D eigenvalue weighted by molar-refractivity contribution is 5.98. The van der Waals surface area contributed by atoms with Crippen LogP contribution in [0.1, 0.15) is 40.7 Å². The van der Waals surface area contributed by atoms with Gasteiger partial charge in [-0.15, -0.1) is 0 Å². The van der Waals surface area contributed by atoms with Gasteiger partial charge in [0, 0.05) is 17.5 Å². The van der Waals surface area contributed by atoms with Crippen LogP contribution in [0.3, 0.4) is 0 Å². The number of alkyl halides is 3. The third kappa shape index (κ3) is 2.35. The van der Waals surface area contributed by atoms with E-state index in [1.807, 2.05) is 0 Å². The summed E-state index contributed by atoms with van der Waals surface area (Å²) in [5, 5.41) is 0. The Morgan fingerprint density at radius 1 is 1.17 bits per heavy atom. The van der Waals surface area contributed by atoms with Crippen molar-refractivity contribution in [2.75, 3.05) is 7.11 Å². The lowest BCUT2D eigenvalue weighted by atomic mass is 9.98. The van der Waals surface area contributed by atoms with E-state index in [0.29, 0.717) is 24.8 Å². The van der Waals surface area contributed by atoms with Gasteiger partial charge in [0.1, 0.15) is 5.75 Å². The van der Waals surface area contributed by atoms with E-state index in [1.165, 1.54) is 7.11 Å². The molecular weight excluding hydrogens is 245 g/mol. The fourth-order valence-corrected chi connectivity index (χ4v) is 2.22. The van der Waals surface area contributed by atoms with E-state index in [2.05, 4.69) is 0 Å². The van der Waals surface area contributed by atoms with Gasteiger partial charge in [0.25, 0.3) is 0 Å². The molecule has 0 unspecified atom stereocenters. The van der Waals surface area contributed by atoms with Crippen molar-refractivity contribution in [1.82, 2.24) is 0 Å². The summed E-state index contributed by atoms with van der Waals surface area (Å²) in [6, 6.07) is 1.92. The molecule has 98 valence electrons. The molecule has 0 heterocycles. The SMILES string of the molecule is COc1cc(C(F)(F)F)cc2c1CCCCC2=O. The summed E-state index contributed by atoms with van der Waals surface area (Å²) in [6.07, 6.45) is -2.08. The summed E-state index contributed by atoms with van der Waals surface area (Å²) in [5.41, 5.74) is -0.0551. The average molecular weight is 258 g/mol. The first-order valence-electron chi connectivity index (χ1n) is 5.75. The second-order valence-corrected chi connectivity index (χ2v) is 4.33. The van der Waals surface area contributed by atoms with Crippen molar-refractivity contribution in [3.63, 3.8) is 0 Å². The topological polar surface area (TPSA) is 26.3 Å². The van der Waals surface area contributed by atoms with E-state index >= 15 is 0 Å². The molecule has 0 saturated heterocycles. The van der Waals surface area contributed by atoms with Crippen molar-refractivity contribution in [1.29, 1.82) is 0 Å². The highest BCUT2D eigenvalue weighted by Gasteiger charge is 2.33. The lowest BCUT2D eigenvalue weighted by Gasteiger charge is -2.15. The fraction of sp³-hybridized carbons (Fsp3) is 0.462. The second-order valence-electron chi connectivity index (χ2n) is 4.33. The van der Waals surface area contributed by atoms with Gasteiger partial charge in [-0.2, -0.15) is 13.2 Å². The number of hydrogen-bond donors (Lipinski definition) is 0. The fourth-order valence-electron chi connectivity index (χ4n) is 2.22. The smallest absolute Gasteiger partial charge is 0.416 e. The molecule has 0 atom stereocenters. The standard InChI is InChI=1S/C13H13F3O2/c1-18-12-7-8(13(14,15)16)6-10-9(12)4-2-3-5-11(10)17/h6-7H,2-5H2,1H3. The molecule has 0 amide bonds. The van der Waals surface area contributed by atoms with Gasteiger partial charge in [-0.3, -0.25) is 4.79 Å². The van der Waals surface area contributed by atoms with Crippen molar-refractivity contribution < 1.29 is 22.7 Å². The molecule has 0 saturated carbocycles. The van der Waals surface area contributed by atoms with Crippen molar-refractivity contribution in [3.8, 4) is 5.75 Å². The van der Waals surface area contributed by atoms with E-state index in [0.717, 1.165) is 18.6 Å². The monoisotopic (exact) mass is 258 g/mol. The van der Waals surface area contributed by atoms with Crippen LogP contribution in [0.2, 0.25) is 0 Å². The Balaban J connectivity index is 2.61. The number of halogens is 3. The predicted octanol–water partition coefficient (Wildman–Crippen LogP) is 3.62. The molecule has 0 bridgehead atoms. The molecular formula is C13H13F3O2. The highest BCUT2D eigenvalue weighted by atomic mass is 19.4. The molecule has 0 radical (unpaired) electrons. The number of Topliss-reactive ketones (excluding diaryl/α,β-unsaturated/α-hetero) is 1. The molecule has 0 fully saturated rings. The number of carbonyl (C=O) groups is 1. The Morgan fingerprint density at radius 2 is 1.83 bits per heavy atom. The Morgan fingerprint density at radius 3 is 2.44 bits per heavy atom. The number of methoxy groups -OCH3 is 1. The molecule has 2 nitrogen and oxygen atoms in total. The van der Waals surface area contributed by atoms with Crippen LogP contribution in [-0.2, 0) is 12.6 Å². The quantitative estimate of drug-likeness (QED) is 0.719. The Kier molecular flexibility index (Phi) is 3.32. The number of benzene rings is 1. The summed E-state index contributed by atoms with van der Waals surface area (Å²) in [4.78, 5) is 11.8. The van der Waals surface area contributed by atoms with Gasteiger partial charge in [0.05, 0.1) is 12.7 Å². The van der Waals surface area contributed by atoms with Crippen molar-refractivity contribution in [2.24, 2.45) is 0 Å². The molecule has 18 heavy (non-hydrogen) atoms. The van der Waals surface area contributed by atoms with E-state index < -0.39 is 11.7 Å². The third-order valence-electron chi connectivity index (χ3n) is 3.14. The minimum absolute atomic E-state index is 0.162. The molecule has 0 aromatic heterocycles. The van der Waals surface area contributed by atoms with Gasteiger partial charge in [0.2, 0.25) is 0 Å². The first-order valence-corrected chi connectivity index (χ1v) is 5.75. The number of carbonyl (C=O) groups excluding carboxylic acids is 1. The zero-order valence-electron chi connectivity index (χ0n) is 9.93. The number of ketones is 1. The number of fused-ring (bicyclic) bond motifs is 1. The minimum Gasteiger partial charge on any atom is -0.496 e. The van der Waals surface area contributed by atoms with E-state index in [1.54, 1.807) is 0 Å². The summed E-state index contributed by atoms with van der Waals surface area (Å²) in [6.45, 7) is 0. The van der Waals surface area contributed by atoms with Gasteiger partial charge in [-0.25, -0.2) is 0 Å². The van der Waals surface area contributed by atoms with Gasteiger partial charge in [-0.1, -0.05) is 0 Å². The zero-order chi connectivity index (χ0) is 13.3. The lowest BCUT2D eigenvalue weighted by molar-refractivity contribution is -0.137. The van der Waals surface area contributed by atoms with E-state index in [-0.39, 0.29) is 17.1 Å². The second kappa shape index (κ2) is 4.63. The maximum atomic E-state index is 12.7. The van der Waals surface area contributed by atoms with Crippen molar-refractivity contribution in [2.45, 2.75) is 31.9 Å². The molecule has 1 aromatic rings. The summed E-state index contributed by atoms with van der Waals surface area (Å²) >= 11 is 0. The number of ether oxygens (including phenoxy) is 1. The number of rotatable bonds is 1. The van der Waals surface area contributed by atoms with Crippen molar-refractivity contribution >= 4 is 5.78 Å². The van der Waals surface area contributed by atoms with Crippen molar-refractivity contribution in [3.05, 3.63) is 28.8 Å². The highest BCUT2D eigenvalue weighted by Crippen LogP contribution is 2.37. The maximum absolute atomic E-state index is 12.7. The van der Waals surface area contributed by atoms with Crippen LogP contribution in [0.25, 0.3) is 0 Å². The molecule has 0 aliphatic heterocycles. The summed E-state index contributed by atoms with van der Waals surface area (Å²) in [7, 11) is 1.32. The molecule has 0 N–H and O–H groups in total. The normalized spacial score (nSPS) is 16.1. The first kappa shape index (κ1) is 12.9. The Bertz CT molecular complexity index is 478. The van der Waals surface area contributed by atoms with Crippen LogP contribution in [0.5, 0.6) is 5.75 Å². The van der Waals surface area contributed by atoms with E-state index in [4.69, 9.17) is 4.74 Å². The Hall–Kier alpha value is -1.52.